The molecule has 0 aliphatic carbocycles. The van der Waals surface area contributed by atoms with Crippen LogP contribution in [0.4, 0.5) is 0 Å². The summed E-state index contributed by atoms with van der Waals surface area (Å²) in [6, 6.07) is 9.36. The number of carboxylic acids is 1. The number of hydrogen-bond acceptors (Lipinski definition) is 3. The fourth-order valence-corrected chi connectivity index (χ4v) is 2.40. The van der Waals surface area contributed by atoms with Crippen LogP contribution in [0, 0.1) is 0 Å². The Kier molecular flexibility index (Phi) is 5.12. The van der Waals surface area contributed by atoms with Crippen LogP contribution >= 0.6 is 0 Å². The molecule has 1 aromatic carbocycles. The molecule has 1 heterocycles. The van der Waals surface area contributed by atoms with Gasteiger partial charge < -0.3 is 14.7 Å². The Balaban J connectivity index is 2.03. The van der Waals surface area contributed by atoms with Crippen molar-refractivity contribution in [3.05, 3.63) is 35.9 Å². The second kappa shape index (κ2) is 7.05. The number of carboxylic acid groups (broad SMARTS) is 1. The molecule has 1 saturated heterocycles. The molecule has 0 unspecified atom stereocenters. The van der Waals surface area contributed by atoms with Gasteiger partial charge in [-0.3, -0.25) is 9.59 Å². The van der Waals surface area contributed by atoms with Crippen LogP contribution < -0.4 is 0 Å². The molecule has 20 heavy (non-hydrogen) atoms. The molecule has 108 valence electrons. The van der Waals surface area contributed by atoms with Crippen molar-refractivity contribution >= 4 is 11.9 Å². The first kappa shape index (κ1) is 14.5. The highest BCUT2D eigenvalue weighted by Crippen LogP contribution is 2.24. The van der Waals surface area contributed by atoms with E-state index >= 15 is 0 Å². The number of carbonyl (C=O) groups excluding carboxylic acids is 1. The van der Waals surface area contributed by atoms with E-state index in [0.717, 1.165) is 5.56 Å². The van der Waals surface area contributed by atoms with Crippen molar-refractivity contribution in [3.8, 4) is 0 Å². The molecule has 0 radical (unpaired) electrons. The number of carbonyl (C=O) groups is 2. The summed E-state index contributed by atoms with van der Waals surface area (Å²) in [7, 11) is 0. The summed E-state index contributed by atoms with van der Waals surface area (Å²) >= 11 is 0. The zero-order chi connectivity index (χ0) is 14.4. The molecule has 0 saturated carbocycles. The van der Waals surface area contributed by atoms with Crippen LogP contribution in [-0.2, 0) is 14.3 Å². The molecular formula is C15H19NO4. The summed E-state index contributed by atoms with van der Waals surface area (Å²) in [5.41, 5.74) is 0.900. The van der Waals surface area contributed by atoms with Crippen molar-refractivity contribution in [1.29, 1.82) is 0 Å². The lowest BCUT2D eigenvalue weighted by atomic mass is 9.92. The zero-order valence-electron chi connectivity index (χ0n) is 11.3. The van der Waals surface area contributed by atoms with Gasteiger partial charge in [-0.05, 0) is 5.56 Å². The van der Waals surface area contributed by atoms with Gasteiger partial charge in [0.2, 0.25) is 5.91 Å². The monoisotopic (exact) mass is 277 g/mol. The van der Waals surface area contributed by atoms with Crippen molar-refractivity contribution < 1.29 is 19.4 Å². The minimum absolute atomic E-state index is 0.00315. The Morgan fingerprint density at radius 1 is 1.15 bits per heavy atom. The molecule has 1 aliphatic rings. The third kappa shape index (κ3) is 4.06. The first-order valence-electron chi connectivity index (χ1n) is 6.79. The second-order valence-electron chi connectivity index (χ2n) is 4.90. The van der Waals surface area contributed by atoms with E-state index in [-0.39, 0.29) is 24.7 Å². The van der Waals surface area contributed by atoms with E-state index in [1.54, 1.807) is 4.90 Å². The van der Waals surface area contributed by atoms with Gasteiger partial charge in [-0.25, -0.2) is 0 Å². The van der Waals surface area contributed by atoms with Gasteiger partial charge in [0.25, 0.3) is 0 Å². The van der Waals surface area contributed by atoms with Crippen molar-refractivity contribution in [2.45, 2.75) is 18.8 Å². The summed E-state index contributed by atoms with van der Waals surface area (Å²) in [6.07, 6.45) is 0.205. The average molecular weight is 277 g/mol. The Labute approximate surface area is 118 Å². The number of rotatable bonds is 5. The molecule has 1 aromatic rings. The normalized spacial score (nSPS) is 16.7. The number of aliphatic carboxylic acids is 1. The van der Waals surface area contributed by atoms with Gasteiger partial charge in [0.05, 0.1) is 19.6 Å². The van der Waals surface area contributed by atoms with Crippen LogP contribution in [0.25, 0.3) is 0 Å². The summed E-state index contributed by atoms with van der Waals surface area (Å²) in [6.45, 7) is 2.29. The van der Waals surface area contributed by atoms with Gasteiger partial charge in [-0.2, -0.15) is 0 Å². The minimum Gasteiger partial charge on any atom is -0.481 e. The third-order valence-corrected chi connectivity index (χ3v) is 3.48. The van der Waals surface area contributed by atoms with Crippen molar-refractivity contribution in [2.75, 3.05) is 26.3 Å². The molecule has 1 amide bonds. The quantitative estimate of drug-likeness (QED) is 0.885. The van der Waals surface area contributed by atoms with Crippen LogP contribution in [0.3, 0.4) is 0 Å². The van der Waals surface area contributed by atoms with E-state index in [1.165, 1.54) is 0 Å². The number of nitrogens with zero attached hydrogens (tertiary/aromatic N) is 1. The lowest BCUT2D eigenvalue weighted by Crippen LogP contribution is -2.41. The van der Waals surface area contributed by atoms with Crippen molar-refractivity contribution in [2.24, 2.45) is 0 Å². The fourth-order valence-electron chi connectivity index (χ4n) is 2.40. The highest BCUT2D eigenvalue weighted by atomic mass is 16.5. The van der Waals surface area contributed by atoms with E-state index in [1.807, 2.05) is 30.3 Å². The molecule has 1 aliphatic heterocycles. The third-order valence-electron chi connectivity index (χ3n) is 3.48. The van der Waals surface area contributed by atoms with Gasteiger partial charge in [0.1, 0.15) is 0 Å². The van der Waals surface area contributed by atoms with Crippen LogP contribution in [0.5, 0.6) is 0 Å². The Morgan fingerprint density at radius 2 is 1.80 bits per heavy atom. The molecule has 1 N–H and O–H groups in total. The van der Waals surface area contributed by atoms with Gasteiger partial charge >= 0.3 is 5.97 Å². The highest BCUT2D eigenvalue weighted by molar-refractivity contribution is 5.78. The maximum absolute atomic E-state index is 12.2. The largest absolute Gasteiger partial charge is 0.481 e. The first-order valence-corrected chi connectivity index (χ1v) is 6.79. The number of morpholine rings is 1. The molecule has 0 bridgehead atoms. The average Bonchev–Trinajstić information content (AvgIpc) is 2.48. The number of benzene rings is 1. The molecule has 5 heteroatoms. The second-order valence-corrected chi connectivity index (χ2v) is 4.90. The Bertz CT molecular complexity index is 454. The Hall–Kier alpha value is -1.88. The van der Waals surface area contributed by atoms with E-state index < -0.39 is 5.97 Å². The smallest absolute Gasteiger partial charge is 0.303 e. The van der Waals surface area contributed by atoms with Crippen LogP contribution in [0.2, 0.25) is 0 Å². The lowest BCUT2D eigenvalue weighted by Gasteiger charge is -2.28. The van der Waals surface area contributed by atoms with Gasteiger partial charge in [0.15, 0.2) is 0 Å². The predicted molar refractivity (Wildman–Crippen MR) is 73.5 cm³/mol. The topological polar surface area (TPSA) is 66.8 Å². The van der Waals surface area contributed by atoms with E-state index in [9.17, 15) is 9.59 Å². The number of hydrogen-bond donors (Lipinski definition) is 1. The molecule has 1 atom stereocenters. The molecular weight excluding hydrogens is 258 g/mol. The van der Waals surface area contributed by atoms with E-state index in [2.05, 4.69) is 0 Å². The SMILES string of the molecule is O=C(O)C[C@H](CC(=O)N1CCOCC1)c1ccccc1. The van der Waals surface area contributed by atoms with Gasteiger partial charge in [0, 0.05) is 25.4 Å². The first-order chi connectivity index (χ1) is 9.66. The summed E-state index contributed by atoms with van der Waals surface area (Å²) in [5.74, 6) is -1.15. The molecule has 2 rings (SSSR count). The van der Waals surface area contributed by atoms with E-state index in [4.69, 9.17) is 9.84 Å². The van der Waals surface area contributed by atoms with Gasteiger partial charge in [-0.15, -0.1) is 0 Å². The maximum Gasteiger partial charge on any atom is 0.303 e. The zero-order valence-corrected chi connectivity index (χ0v) is 11.3. The van der Waals surface area contributed by atoms with Crippen LogP contribution in [-0.4, -0.2) is 48.2 Å². The molecule has 0 spiro atoms. The van der Waals surface area contributed by atoms with Crippen molar-refractivity contribution in [3.63, 3.8) is 0 Å². The summed E-state index contributed by atoms with van der Waals surface area (Å²) in [4.78, 5) is 25.0. The number of ether oxygens (including phenoxy) is 1. The van der Waals surface area contributed by atoms with Crippen LogP contribution in [0.1, 0.15) is 24.3 Å². The number of amides is 1. The maximum atomic E-state index is 12.2. The standard InChI is InChI=1S/C15H19NO4/c17-14(16-6-8-20-9-7-16)10-13(11-15(18)19)12-4-2-1-3-5-12/h1-5,13H,6-11H2,(H,18,19)/t13-/m0/s1. The molecule has 1 fully saturated rings. The fraction of sp³-hybridized carbons (Fsp3) is 0.467. The Morgan fingerprint density at radius 3 is 2.40 bits per heavy atom. The highest BCUT2D eigenvalue weighted by Gasteiger charge is 2.23. The van der Waals surface area contributed by atoms with Crippen LogP contribution in [0.15, 0.2) is 30.3 Å². The molecule has 0 aromatic heterocycles. The van der Waals surface area contributed by atoms with Crippen molar-refractivity contribution in [1.82, 2.24) is 4.90 Å². The minimum atomic E-state index is -0.881. The summed E-state index contributed by atoms with van der Waals surface area (Å²) < 4.78 is 5.22. The predicted octanol–water partition coefficient (Wildman–Crippen LogP) is 1.49. The van der Waals surface area contributed by atoms with Gasteiger partial charge in [-0.1, -0.05) is 30.3 Å². The van der Waals surface area contributed by atoms with E-state index in [0.29, 0.717) is 26.3 Å². The lowest BCUT2D eigenvalue weighted by molar-refractivity contribution is -0.138. The summed E-state index contributed by atoms with van der Waals surface area (Å²) in [5, 5.41) is 9.02. The molecule has 5 nitrogen and oxygen atoms in total.